The van der Waals surface area contributed by atoms with E-state index in [1.165, 1.54) is 0 Å². The zero-order valence-electron chi connectivity index (χ0n) is 19.7. The van der Waals surface area contributed by atoms with Gasteiger partial charge in [-0.25, -0.2) is 4.79 Å². The number of ether oxygens (including phenoxy) is 1. The zero-order chi connectivity index (χ0) is 24.8. The van der Waals surface area contributed by atoms with Gasteiger partial charge in [0.25, 0.3) is 0 Å². The lowest BCUT2D eigenvalue weighted by Crippen LogP contribution is -2.49. The Balaban J connectivity index is 1.35. The van der Waals surface area contributed by atoms with Crippen molar-refractivity contribution in [3.63, 3.8) is 0 Å². The fraction of sp³-hybridized carbons (Fsp3) is 0.393. The molecule has 0 heterocycles. The van der Waals surface area contributed by atoms with Crippen LogP contribution >= 0.6 is 0 Å². The lowest BCUT2D eigenvalue weighted by atomic mass is 9.98. The number of benzene rings is 2. The van der Waals surface area contributed by atoms with Crippen molar-refractivity contribution in [1.29, 1.82) is 0 Å². The number of nitrogens with one attached hydrogen (secondary N) is 2. The summed E-state index contributed by atoms with van der Waals surface area (Å²) in [6.07, 6.45) is 4.31. The molecule has 3 N–H and O–H groups in total. The smallest absolute Gasteiger partial charge is 0.407 e. The number of carbonyl (C=O) groups excluding carboxylic acids is 2. The minimum Gasteiger partial charge on any atom is -0.481 e. The van der Waals surface area contributed by atoms with E-state index in [2.05, 4.69) is 41.5 Å². The van der Waals surface area contributed by atoms with Gasteiger partial charge in [0, 0.05) is 18.4 Å². The standard InChI is InChI=1S/C28H32N2O5/c1-2-3-12-25(27(33)29-19-14-13-18(15-19)16-26(31)32)30-28(34)35-17-24-22-10-6-4-8-20(22)21-9-5-7-11-23(21)24/h2,4-11,18-19,24-25H,1,3,12-17H2,(H,29,33)(H,30,34)(H,31,32). The van der Waals surface area contributed by atoms with Crippen LogP contribution < -0.4 is 10.6 Å². The monoisotopic (exact) mass is 476 g/mol. The predicted octanol–water partition coefficient (Wildman–Crippen LogP) is 4.62. The highest BCUT2D eigenvalue weighted by molar-refractivity contribution is 5.86. The molecule has 0 aromatic heterocycles. The van der Waals surface area contributed by atoms with E-state index in [4.69, 9.17) is 9.84 Å². The molecule has 1 saturated carbocycles. The number of aliphatic carboxylic acids is 1. The Bertz CT molecular complexity index is 1050. The Morgan fingerprint density at radius 1 is 1.06 bits per heavy atom. The first kappa shape index (κ1) is 24.5. The van der Waals surface area contributed by atoms with Crippen LogP contribution in [-0.4, -0.2) is 41.8 Å². The second kappa shape index (κ2) is 11.2. The maximum atomic E-state index is 12.9. The van der Waals surface area contributed by atoms with E-state index in [1.54, 1.807) is 6.08 Å². The number of fused-ring (bicyclic) bond motifs is 3. The van der Waals surface area contributed by atoms with Gasteiger partial charge in [-0.15, -0.1) is 6.58 Å². The third-order valence-corrected chi connectivity index (χ3v) is 6.96. The number of amides is 2. The van der Waals surface area contributed by atoms with E-state index >= 15 is 0 Å². The van der Waals surface area contributed by atoms with Gasteiger partial charge >= 0.3 is 12.1 Å². The molecule has 3 atom stereocenters. The van der Waals surface area contributed by atoms with Crippen molar-refractivity contribution >= 4 is 18.0 Å². The number of carboxylic acid groups (broad SMARTS) is 1. The fourth-order valence-electron chi connectivity index (χ4n) is 5.28. The van der Waals surface area contributed by atoms with Crippen LogP contribution in [0.3, 0.4) is 0 Å². The van der Waals surface area contributed by atoms with Crippen molar-refractivity contribution in [2.24, 2.45) is 5.92 Å². The summed E-state index contributed by atoms with van der Waals surface area (Å²) in [6.45, 7) is 3.89. The molecule has 4 rings (SSSR count). The quantitative estimate of drug-likeness (QED) is 0.434. The highest BCUT2D eigenvalue weighted by Gasteiger charge is 2.31. The van der Waals surface area contributed by atoms with E-state index in [0.29, 0.717) is 19.3 Å². The number of carboxylic acids is 1. The highest BCUT2D eigenvalue weighted by Crippen LogP contribution is 2.44. The van der Waals surface area contributed by atoms with Crippen LogP contribution in [-0.2, 0) is 14.3 Å². The van der Waals surface area contributed by atoms with Gasteiger partial charge in [0.15, 0.2) is 0 Å². The van der Waals surface area contributed by atoms with Crippen molar-refractivity contribution < 1.29 is 24.2 Å². The first-order valence-electron chi connectivity index (χ1n) is 12.2. The molecule has 2 aliphatic carbocycles. The molecule has 2 aliphatic rings. The Labute approximate surface area is 205 Å². The molecule has 7 nitrogen and oxygen atoms in total. The fourth-order valence-corrected chi connectivity index (χ4v) is 5.28. The summed E-state index contributed by atoms with van der Waals surface area (Å²) >= 11 is 0. The second-order valence-corrected chi connectivity index (χ2v) is 9.37. The summed E-state index contributed by atoms with van der Waals surface area (Å²) in [5.41, 5.74) is 4.55. The molecule has 1 fully saturated rings. The molecule has 0 radical (unpaired) electrons. The van der Waals surface area contributed by atoms with Crippen LogP contribution in [0.5, 0.6) is 0 Å². The van der Waals surface area contributed by atoms with Gasteiger partial charge in [-0.05, 0) is 60.3 Å². The molecular weight excluding hydrogens is 444 g/mol. The summed E-state index contributed by atoms with van der Waals surface area (Å²) < 4.78 is 5.61. The maximum absolute atomic E-state index is 12.9. The average molecular weight is 477 g/mol. The van der Waals surface area contributed by atoms with Gasteiger partial charge in [-0.2, -0.15) is 0 Å². The van der Waals surface area contributed by atoms with Gasteiger partial charge in [0.2, 0.25) is 5.91 Å². The van der Waals surface area contributed by atoms with Crippen LogP contribution in [0.1, 0.15) is 55.6 Å². The number of rotatable bonds is 10. The molecular formula is C28H32N2O5. The van der Waals surface area contributed by atoms with E-state index in [-0.39, 0.29) is 36.8 Å². The zero-order valence-corrected chi connectivity index (χ0v) is 19.7. The molecule has 0 saturated heterocycles. The molecule has 2 aromatic rings. The van der Waals surface area contributed by atoms with Crippen molar-refractivity contribution in [3.05, 3.63) is 72.3 Å². The SMILES string of the molecule is C=CCCC(NC(=O)OCC1c2ccccc2-c2ccccc21)C(=O)NC1CCC(CC(=O)O)C1. The summed E-state index contributed by atoms with van der Waals surface area (Å²) in [7, 11) is 0. The minimum absolute atomic E-state index is 0.0572. The molecule has 35 heavy (non-hydrogen) atoms. The molecule has 0 bridgehead atoms. The Morgan fingerprint density at radius 2 is 1.71 bits per heavy atom. The number of hydrogen-bond acceptors (Lipinski definition) is 4. The van der Waals surface area contributed by atoms with Gasteiger partial charge in [-0.1, -0.05) is 54.6 Å². The molecule has 0 spiro atoms. The summed E-state index contributed by atoms with van der Waals surface area (Å²) in [4.78, 5) is 36.6. The number of hydrogen-bond donors (Lipinski definition) is 3. The summed E-state index contributed by atoms with van der Waals surface area (Å²) in [5, 5.41) is 14.7. The largest absolute Gasteiger partial charge is 0.481 e. The van der Waals surface area contributed by atoms with Crippen LogP contribution in [0.4, 0.5) is 4.79 Å². The van der Waals surface area contributed by atoms with E-state index in [9.17, 15) is 14.4 Å². The van der Waals surface area contributed by atoms with E-state index in [1.807, 2.05) is 24.3 Å². The lowest BCUT2D eigenvalue weighted by molar-refractivity contribution is -0.138. The Hall–Kier alpha value is -3.61. The van der Waals surface area contributed by atoms with Crippen molar-refractivity contribution in [2.75, 3.05) is 6.61 Å². The average Bonchev–Trinajstić information content (AvgIpc) is 3.41. The Kier molecular flexibility index (Phi) is 7.85. The maximum Gasteiger partial charge on any atom is 0.407 e. The Morgan fingerprint density at radius 3 is 2.34 bits per heavy atom. The number of allylic oxidation sites excluding steroid dienone is 1. The topological polar surface area (TPSA) is 105 Å². The molecule has 184 valence electrons. The van der Waals surface area contributed by atoms with Gasteiger partial charge in [0.05, 0.1) is 0 Å². The summed E-state index contributed by atoms with van der Waals surface area (Å²) in [6, 6.07) is 15.4. The molecule has 0 aliphatic heterocycles. The van der Waals surface area contributed by atoms with Crippen molar-refractivity contribution in [2.45, 2.75) is 56.5 Å². The molecule has 2 amide bonds. The predicted molar refractivity (Wildman–Crippen MR) is 133 cm³/mol. The summed E-state index contributed by atoms with van der Waals surface area (Å²) in [5.74, 6) is -1.08. The number of alkyl carbamates (subject to hydrolysis) is 1. The normalized spacial score (nSPS) is 19.3. The van der Waals surface area contributed by atoms with Gasteiger partial charge < -0.3 is 20.5 Å². The van der Waals surface area contributed by atoms with Crippen LogP contribution in [0.2, 0.25) is 0 Å². The first-order valence-corrected chi connectivity index (χ1v) is 12.2. The first-order chi connectivity index (χ1) is 17.0. The third-order valence-electron chi connectivity index (χ3n) is 6.96. The van der Waals surface area contributed by atoms with E-state index < -0.39 is 18.1 Å². The van der Waals surface area contributed by atoms with Crippen molar-refractivity contribution in [3.8, 4) is 11.1 Å². The third kappa shape index (κ3) is 5.91. The van der Waals surface area contributed by atoms with Crippen molar-refractivity contribution in [1.82, 2.24) is 10.6 Å². The second-order valence-electron chi connectivity index (χ2n) is 9.37. The van der Waals surface area contributed by atoms with Crippen LogP contribution in [0.15, 0.2) is 61.2 Å². The molecule has 2 aromatic carbocycles. The van der Waals surface area contributed by atoms with Crippen LogP contribution in [0.25, 0.3) is 11.1 Å². The van der Waals surface area contributed by atoms with E-state index in [0.717, 1.165) is 35.1 Å². The minimum atomic E-state index is -0.817. The molecule has 7 heteroatoms. The van der Waals surface area contributed by atoms with Gasteiger partial charge in [-0.3, -0.25) is 9.59 Å². The number of carbonyl (C=O) groups is 3. The molecule has 3 unspecified atom stereocenters. The van der Waals surface area contributed by atoms with Gasteiger partial charge in [0.1, 0.15) is 12.6 Å². The highest BCUT2D eigenvalue weighted by atomic mass is 16.5. The lowest BCUT2D eigenvalue weighted by Gasteiger charge is -2.21. The van der Waals surface area contributed by atoms with Crippen LogP contribution in [0, 0.1) is 5.92 Å².